The molecule has 6 heteroatoms. The number of ether oxygens (including phenoxy) is 1. The second-order valence-electron chi connectivity index (χ2n) is 7.75. The third-order valence-corrected chi connectivity index (χ3v) is 5.73. The Labute approximate surface area is 178 Å². The van der Waals surface area contributed by atoms with Gasteiger partial charge in [-0.1, -0.05) is 42.5 Å². The summed E-state index contributed by atoms with van der Waals surface area (Å²) in [5.74, 6) is -0.502. The number of hydrogen-bond donors (Lipinski definition) is 3. The van der Waals surface area contributed by atoms with E-state index < -0.39 is 12.0 Å². The summed E-state index contributed by atoms with van der Waals surface area (Å²) in [6, 6.07) is 21.0. The monoisotopic (exact) mass is 416 g/mol. The van der Waals surface area contributed by atoms with E-state index >= 15 is 0 Å². The normalized spacial score (nSPS) is 18.0. The molecule has 0 amide bonds. The zero-order valence-electron chi connectivity index (χ0n) is 16.6. The van der Waals surface area contributed by atoms with Crippen LogP contribution in [0.25, 0.3) is 10.9 Å². The molecule has 156 valence electrons. The van der Waals surface area contributed by atoms with Crippen molar-refractivity contribution in [1.82, 2.24) is 10.3 Å². The van der Waals surface area contributed by atoms with Gasteiger partial charge in [0, 0.05) is 23.0 Å². The van der Waals surface area contributed by atoms with Crippen molar-refractivity contribution in [3.63, 3.8) is 0 Å². The maximum absolute atomic E-state index is 13.7. The van der Waals surface area contributed by atoms with Gasteiger partial charge < -0.3 is 14.8 Å². The predicted octanol–water partition coefficient (Wildman–Crippen LogP) is 4.57. The SMILES string of the molecule is O=C(O)C1Cc2c([nH]c3cc(F)ccc23)C(c2ccc(OCc3ccccc3)cc2)N1. The number of fused-ring (bicyclic) bond motifs is 3. The van der Waals surface area contributed by atoms with Crippen molar-refractivity contribution >= 4 is 16.9 Å². The van der Waals surface area contributed by atoms with Gasteiger partial charge in [-0.05, 0) is 47.0 Å². The van der Waals surface area contributed by atoms with Gasteiger partial charge >= 0.3 is 5.97 Å². The molecule has 4 aromatic rings. The second-order valence-corrected chi connectivity index (χ2v) is 7.75. The minimum Gasteiger partial charge on any atom is -0.489 e. The van der Waals surface area contributed by atoms with Gasteiger partial charge in [0.1, 0.15) is 24.2 Å². The van der Waals surface area contributed by atoms with Crippen LogP contribution < -0.4 is 10.1 Å². The number of nitrogens with one attached hydrogen (secondary N) is 2. The van der Waals surface area contributed by atoms with E-state index in [4.69, 9.17) is 4.74 Å². The number of carboxylic acids is 1. The molecule has 0 bridgehead atoms. The summed E-state index contributed by atoms with van der Waals surface area (Å²) in [5.41, 5.74) is 4.45. The molecule has 1 aromatic heterocycles. The van der Waals surface area contributed by atoms with Gasteiger partial charge in [-0.3, -0.25) is 10.1 Å². The highest BCUT2D eigenvalue weighted by Crippen LogP contribution is 2.36. The Morgan fingerprint density at radius 1 is 1.06 bits per heavy atom. The van der Waals surface area contributed by atoms with Crippen molar-refractivity contribution in [2.75, 3.05) is 0 Å². The number of aromatic amines is 1. The quantitative estimate of drug-likeness (QED) is 0.445. The minimum atomic E-state index is -0.907. The zero-order chi connectivity index (χ0) is 21.4. The minimum absolute atomic E-state index is 0.328. The number of H-pyrrole nitrogens is 1. The number of carbonyl (C=O) groups is 1. The Hall–Kier alpha value is -3.64. The molecule has 1 aliphatic rings. The molecule has 0 saturated carbocycles. The molecule has 2 atom stereocenters. The van der Waals surface area contributed by atoms with E-state index in [1.54, 1.807) is 6.07 Å². The van der Waals surface area contributed by atoms with Crippen molar-refractivity contribution in [3.05, 3.63) is 101 Å². The van der Waals surface area contributed by atoms with Gasteiger partial charge in [0.15, 0.2) is 0 Å². The van der Waals surface area contributed by atoms with Crippen LogP contribution in [-0.2, 0) is 17.8 Å². The third-order valence-electron chi connectivity index (χ3n) is 5.73. The number of benzene rings is 3. The molecule has 0 aliphatic carbocycles. The van der Waals surface area contributed by atoms with Gasteiger partial charge in [-0.25, -0.2) is 4.39 Å². The summed E-state index contributed by atoms with van der Waals surface area (Å²) >= 11 is 0. The Kier molecular flexibility index (Phi) is 4.92. The summed E-state index contributed by atoms with van der Waals surface area (Å²) in [5, 5.41) is 13.7. The summed E-state index contributed by atoms with van der Waals surface area (Å²) in [6.45, 7) is 0.473. The fraction of sp³-hybridized carbons (Fsp3) is 0.160. The molecular formula is C25H21FN2O3. The fourth-order valence-electron chi connectivity index (χ4n) is 4.18. The van der Waals surface area contributed by atoms with E-state index in [0.29, 0.717) is 18.5 Å². The molecule has 2 heterocycles. The average molecular weight is 416 g/mol. The average Bonchev–Trinajstić information content (AvgIpc) is 3.15. The van der Waals surface area contributed by atoms with Crippen LogP contribution in [0.5, 0.6) is 5.75 Å². The molecule has 0 saturated heterocycles. The number of hydrogen-bond acceptors (Lipinski definition) is 3. The summed E-state index contributed by atoms with van der Waals surface area (Å²) in [4.78, 5) is 15.1. The van der Waals surface area contributed by atoms with Gasteiger partial charge in [0.25, 0.3) is 0 Å². The van der Waals surface area contributed by atoms with Crippen LogP contribution in [0.15, 0.2) is 72.8 Å². The second kappa shape index (κ2) is 7.89. The van der Waals surface area contributed by atoms with Crippen molar-refractivity contribution in [2.45, 2.75) is 25.1 Å². The fourth-order valence-corrected chi connectivity index (χ4v) is 4.18. The lowest BCUT2D eigenvalue weighted by Crippen LogP contribution is -2.44. The summed E-state index contributed by atoms with van der Waals surface area (Å²) in [6.07, 6.45) is 0.338. The Bertz CT molecular complexity index is 1240. The molecule has 31 heavy (non-hydrogen) atoms. The van der Waals surface area contributed by atoms with Crippen LogP contribution in [0.1, 0.15) is 28.4 Å². The molecule has 5 nitrogen and oxygen atoms in total. The lowest BCUT2D eigenvalue weighted by atomic mass is 9.90. The Morgan fingerprint density at radius 3 is 2.58 bits per heavy atom. The lowest BCUT2D eigenvalue weighted by Gasteiger charge is -2.29. The van der Waals surface area contributed by atoms with Gasteiger partial charge in [0.05, 0.1) is 6.04 Å². The number of aliphatic carboxylic acids is 1. The van der Waals surface area contributed by atoms with Crippen LogP contribution in [0.2, 0.25) is 0 Å². The van der Waals surface area contributed by atoms with E-state index in [1.165, 1.54) is 12.1 Å². The van der Waals surface area contributed by atoms with Crippen LogP contribution in [-0.4, -0.2) is 22.1 Å². The van der Waals surface area contributed by atoms with Gasteiger partial charge in [0.2, 0.25) is 0 Å². The largest absolute Gasteiger partial charge is 0.489 e. The molecular weight excluding hydrogens is 395 g/mol. The first kappa shape index (κ1) is 19.3. The molecule has 2 unspecified atom stereocenters. The first-order valence-corrected chi connectivity index (χ1v) is 10.1. The van der Waals surface area contributed by atoms with Crippen LogP contribution in [0.3, 0.4) is 0 Å². The molecule has 0 spiro atoms. The zero-order valence-corrected chi connectivity index (χ0v) is 16.6. The lowest BCUT2D eigenvalue weighted by molar-refractivity contribution is -0.139. The van der Waals surface area contributed by atoms with Crippen molar-refractivity contribution < 1.29 is 19.0 Å². The topological polar surface area (TPSA) is 74.3 Å². The molecule has 3 aromatic carbocycles. The number of halogens is 1. The van der Waals surface area contributed by atoms with E-state index in [1.807, 2.05) is 54.6 Å². The molecule has 0 radical (unpaired) electrons. The van der Waals surface area contributed by atoms with E-state index in [0.717, 1.165) is 33.5 Å². The van der Waals surface area contributed by atoms with Gasteiger partial charge in [-0.15, -0.1) is 0 Å². The highest BCUT2D eigenvalue weighted by Gasteiger charge is 2.33. The number of carboxylic acid groups (broad SMARTS) is 1. The van der Waals surface area contributed by atoms with Crippen molar-refractivity contribution in [3.8, 4) is 5.75 Å². The molecule has 3 N–H and O–H groups in total. The molecule has 0 fully saturated rings. The van der Waals surface area contributed by atoms with E-state index in [9.17, 15) is 14.3 Å². The van der Waals surface area contributed by atoms with Crippen LogP contribution in [0.4, 0.5) is 4.39 Å². The Balaban J connectivity index is 1.45. The van der Waals surface area contributed by atoms with Crippen LogP contribution >= 0.6 is 0 Å². The maximum atomic E-state index is 13.7. The van der Waals surface area contributed by atoms with E-state index in [-0.39, 0.29) is 11.9 Å². The van der Waals surface area contributed by atoms with E-state index in [2.05, 4.69) is 10.3 Å². The standard InChI is InChI=1S/C25H21FN2O3/c26-17-8-11-19-20-13-22(25(29)30)28-23(24(20)27-21(19)12-17)16-6-9-18(10-7-16)31-14-15-4-2-1-3-5-15/h1-12,22-23,27-28H,13-14H2,(H,29,30). The highest BCUT2D eigenvalue weighted by atomic mass is 19.1. The molecule has 5 rings (SSSR count). The van der Waals surface area contributed by atoms with Gasteiger partial charge in [-0.2, -0.15) is 0 Å². The smallest absolute Gasteiger partial charge is 0.321 e. The van der Waals surface area contributed by atoms with Crippen LogP contribution in [0, 0.1) is 5.82 Å². The summed E-state index contributed by atoms with van der Waals surface area (Å²) in [7, 11) is 0. The maximum Gasteiger partial charge on any atom is 0.321 e. The third kappa shape index (κ3) is 3.78. The van der Waals surface area contributed by atoms with Crippen molar-refractivity contribution in [2.24, 2.45) is 0 Å². The highest BCUT2D eigenvalue weighted by molar-refractivity contribution is 5.87. The first-order chi connectivity index (χ1) is 15.1. The van der Waals surface area contributed by atoms with Crippen molar-refractivity contribution in [1.29, 1.82) is 0 Å². The Morgan fingerprint density at radius 2 is 1.84 bits per heavy atom. The number of aromatic nitrogens is 1. The predicted molar refractivity (Wildman–Crippen MR) is 116 cm³/mol. The number of rotatable bonds is 5. The molecule has 1 aliphatic heterocycles. The first-order valence-electron chi connectivity index (χ1n) is 10.1. The summed E-state index contributed by atoms with van der Waals surface area (Å²) < 4.78 is 19.6.